The fourth-order valence-corrected chi connectivity index (χ4v) is 1.94. The van der Waals surface area contributed by atoms with Crippen molar-refractivity contribution >= 4 is 17.6 Å². The maximum absolute atomic E-state index is 12.6. The molecule has 0 atom stereocenters. The van der Waals surface area contributed by atoms with Gasteiger partial charge in [-0.3, -0.25) is 4.79 Å². The standard InChI is InChI=1S/C18H14F3N3O2/c19-18(20,21)14-4-1-5-15(11-14)24-17(26)23-10-2-3-12-6-8-13(9-7-12)16(22)25/h1,4-9,11H,10H2,(H2,22,25)(H2,23,24,26). The smallest absolute Gasteiger partial charge is 0.366 e. The van der Waals surface area contributed by atoms with E-state index in [9.17, 15) is 22.8 Å². The number of benzene rings is 2. The van der Waals surface area contributed by atoms with Gasteiger partial charge in [-0.2, -0.15) is 13.2 Å². The Morgan fingerprint density at radius 2 is 1.77 bits per heavy atom. The molecule has 5 nitrogen and oxygen atoms in total. The average Bonchev–Trinajstić information content (AvgIpc) is 2.58. The summed E-state index contributed by atoms with van der Waals surface area (Å²) in [6.45, 7) is -0.0115. The molecule has 0 saturated heterocycles. The summed E-state index contributed by atoms with van der Waals surface area (Å²) >= 11 is 0. The molecule has 0 aliphatic heterocycles. The van der Waals surface area contributed by atoms with Crippen molar-refractivity contribution in [2.75, 3.05) is 11.9 Å². The highest BCUT2D eigenvalue weighted by Gasteiger charge is 2.30. The third-order valence-electron chi connectivity index (χ3n) is 3.19. The van der Waals surface area contributed by atoms with Crippen molar-refractivity contribution in [3.05, 3.63) is 65.2 Å². The molecule has 8 heteroatoms. The Kier molecular flexibility index (Phi) is 5.86. The van der Waals surface area contributed by atoms with Crippen molar-refractivity contribution in [2.24, 2.45) is 5.73 Å². The van der Waals surface area contributed by atoms with Crippen LogP contribution in [0, 0.1) is 11.8 Å². The number of hydrogen-bond acceptors (Lipinski definition) is 2. The lowest BCUT2D eigenvalue weighted by Crippen LogP contribution is -2.29. The lowest BCUT2D eigenvalue weighted by molar-refractivity contribution is -0.137. The van der Waals surface area contributed by atoms with Crippen LogP contribution in [0.1, 0.15) is 21.5 Å². The van der Waals surface area contributed by atoms with E-state index in [-0.39, 0.29) is 12.2 Å². The van der Waals surface area contributed by atoms with E-state index in [4.69, 9.17) is 5.73 Å². The van der Waals surface area contributed by atoms with Gasteiger partial charge >= 0.3 is 12.2 Å². The maximum Gasteiger partial charge on any atom is 0.416 e. The molecule has 0 fully saturated rings. The Morgan fingerprint density at radius 1 is 1.08 bits per heavy atom. The Hall–Kier alpha value is -3.47. The Morgan fingerprint density at radius 3 is 2.38 bits per heavy atom. The Labute approximate surface area is 147 Å². The minimum absolute atomic E-state index is 0.0115. The number of urea groups is 1. The van der Waals surface area contributed by atoms with Crippen LogP contribution >= 0.6 is 0 Å². The number of halogens is 3. The third-order valence-corrected chi connectivity index (χ3v) is 3.19. The molecule has 0 radical (unpaired) electrons. The summed E-state index contributed by atoms with van der Waals surface area (Å²) in [6.07, 6.45) is -4.48. The first kappa shape index (κ1) is 18.9. The number of nitrogens with one attached hydrogen (secondary N) is 2. The quantitative estimate of drug-likeness (QED) is 0.735. The Bertz CT molecular complexity index is 866. The molecular formula is C18H14F3N3O2. The molecule has 0 aliphatic rings. The fourth-order valence-electron chi connectivity index (χ4n) is 1.94. The summed E-state index contributed by atoms with van der Waals surface area (Å²) < 4.78 is 37.8. The molecule has 2 aromatic rings. The number of hydrogen-bond donors (Lipinski definition) is 3. The topological polar surface area (TPSA) is 84.2 Å². The van der Waals surface area contributed by atoms with Crippen LogP contribution < -0.4 is 16.4 Å². The van der Waals surface area contributed by atoms with E-state index >= 15 is 0 Å². The second-order valence-corrected chi connectivity index (χ2v) is 5.13. The van der Waals surface area contributed by atoms with E-state index in [2.05, 4.69) is 22.5 Å². The van der Waals surface area contributed by atoms with E-state index < -0.39 is 23.7 Å². The predicted molar refractivity (Wildman–Crippen MR) is 90.3 cm³/mol. The molecular weight excluding hydrogens is 347 g/mol. The number of alkyl halides is 3. The van der Waals surface area contributed by atoms with E-state index in [0.29, 0.717) is 11.1 Å². The normalized spacial score (nSPS) is 10.4. The molecule has 0 saturated carbocycles. The molecule has 134 valence electrons. The summed E-state index contributed by atoms with van der Waals surface area (Å²) in [4.78, 5) is 22.6. The van der Waals surface area contributed by atoms with Gasteiger partial charge in [-0.1, -0.05) is 17.9 Å². The van der Waals surface area contributed by atoms with Gasteiger partial charge in [0.1, 0.15) is 0 Å². The molecule has 0 heterocycles. The number of rotatable bonds is 3. The third kappa shape index (κ3) is 5.56. The van der Waals surface area contributed by atoms with Gasteiger partial charge in [0.2, 0.25) is 5.91 Å². The molecule has 0 aromatic heterocycles. The van der Waals surface area contributed by atoms with Crippen molar-refractivity contribution in [3.63, 3.8) is 0 Å². The van der Waals surface area contributed by atoms with Crippen LogP contribution in [-0.2, 0) is 6.18 Å². The van der Waals surface area contributed by atoms with E-state index in [1.54, 1.807) is 12.1 Å². The maximum atomic E-state index is 12.6. The van der Waals surface area contributed by atoms with Gasteiger partial charge in [-0.25, -0.2) is 4.79 Å². The number of anilines is 1. The molecule has 0 unspecified atom stereocenters. The van der Waals surface area contributed by atoms with Crippen molar-refractivity contribution in [2.45, 2.75) is 6.18 Å². The molecule has 0 spiro atoms. The van der Waals surface area contributed by atoms with E-state index in [1.165, 1.54) is 24.3 Å². The predicted octanol–water partition coefficient (Wildman–Crippen LogP) is 2.98. The van der Waals surface area contributed by atoms with Crippen molar-refractivity contribution < 1.29 is 22.8 Å². The summed E-state index contributed by atoms with van der Waals surface area (Å²) in [5.74, 6) is 4.91. The van der Waals surface area contributed by atoms with Gasteiger partial charge in [-0.15, -0.1) is 0 Å². The summed E-state index contributed by atoms with van der Waals surface area (Å²) in [6, 6.07) is 9.90. The molecule has 2 rings (SSSR count). The zero-order valence-electron chi connectivity index (χ0n) is 13.4. The highest BCUT2D eigenvalue weighted by atomic mass is 19.4. The summed E-state index contributed by atoms with van der Waals surface area (Å²) in [5, 5.41) is 4.71. The first-order valence-electron chi connectivity index (χ1n) is 7.36. The molecule has 2 aromatic carbocycles. The lowest BCUT2D eigenvalue weighted by atomic mass is 10.1. The second kappa shape index (κ2) is 8.07. The molecule has 3 amide bonds. The minimum Gasteiger partial charge on any atom is -0.366 e. The molecule has 4 N–H and O–H groups in total. The van der Waals surface area contributed by atoms with Gasteiger partial charge in [0.05, 0.1) is 12.1 Å². The average molecular weight is 361 g/mol. The SMILES string of the molecule is NC(=O)c1ccc(C#CCNC(=O)Nc2cccc(C(F)(F)F)c2)cc1. The first-order valence-corrected chi connectivity index (χ1v) is 7.36. The second-order valence-electron chi connectivity index (χ2n) is 5.13. The molecule has 0 bridgehead atoms. The van der Waals surface area contributed by atoms with Gasteiger partial charge < -0.3 is 16.4 Å². The largest absolute Gasteiger partial charge is 0.416 e. The number of amides is 3. The number of primary amides is 1. The Balaban J connectivity index is 1.87. The van der Waals surface area contributed by atoms with E-state index in [1.807, 2.05) is 0 Å². The first-order chi connectivity index (χ1) is 12.3. The van der Waals surface area contributed by atoms with Crippen LogP contribution in [0.25, 0.3) is 0 Å². The van der Waals surface area contributed by atoms with Crippen LogP contribution in [0.2, 0.25) is 0 Å². The summed E-state index contributed by atoms with van der Waals surface area (Å²) in [7, 11) is 0. The lowest BCUT2D eigenvalue weighted by Gasteiger charge is -2.09. The highest BCUT2D eigenvalue weighted by molar-refractivity contribution is 5.92. The number of carbonyl (C=O) groups excluding carboxylic acids is 2. The number of carbonyl (C=O) groups is 2. The van der Waals surface area contributed by atoms with Crippen LogP contribution in [0.15, 0.2) is 48.5 Å². The minimum atomic E-state index is -4.48. The van der Waals surface area contributed by atoms with Crippen molar-refractivity contribution in [1.29, 1.82) is 0 Å². The van der Waals surface area contributed by atoms with Gasteiger partial charge in [0.25, 0.3) is 0 Å². The monoisotopic (exact) mass is 361 g/mol. The fraction of sp³-hybridized carbons (Fsp3) is 0.111. The van der Waals surface area contributed by atoms with Crippen molar-refractivity contribution in [1.82, 2.24) is 5.32 Å². The molecule has 26 heavy (non-hydrogen) atoms. The highest BCUT2D eigenvalue weighted by Crippen LogP contribution is 2.30. The number of nitrogens with two attached hydrogens (primary N) is 1. The van der Waals surface area contributed by atoms with Crippen LogP contribution in [0.4, 0.5) is 23.7 Å². The summed E-state index contributed by atoms with van der Waals surface area (Å²) in [5.41, 5.74) is 5.27. The zero-order valence-corrected chi connectivity index (χ0v) is 13.4. The van der Waals surface area contributed by atoms with Crippen LogP contribution in [0.5, 0.6) is 0 Å². The van der Waals surface area contributed by atoms with Crippen LogP contribution in [0.3, 0.4) is 0 Å². The van der Waals surface area contributed by atoms with Gasteiger partial charge in [-0.05, 0) is 42.5 Å². The van der Waals surface area contributed by atoms with Crippen molar-refractivity contribution in [3.8, 4) is 11.8 Å². The molecule has 0 aliphatic carbocycles. The van der Waals surface area contributed by atoms with Gasteiger partial charge in [0.15, 0.2) is 0 Å². The van der Waals surface area contributed by atoms with Gasteiger partial charge in [0, 0.05) is 16.8 Å². The van der Waals surface area contributed by atoms with Crippen LogP contribution in [-0.4, -0.2) is 18.5 Å². The zero-order chi connectivity index (χ0) is 19.2. The van der Waals surface area contributed by atoms with E-state index in [0.717, 1.165) is 12.1 Å².